The van der Waals surface area contributed by atoms with Crippen molar-refractivity contribution in [2.45, 2.75) is 31.0 Å². The lowest BCUT2D eigenvalue weighted by molar-refractivity contribution is 0.0526. The third-order valence-corrected chi connectivity index (χ3v) is 2.98. The molecule has 0 atom stereocenters. The smallest absolute Gasteiger partial charge is 0.343 e. The van der Waals surface area contributed by atoms with Gasteiger partial charge in [0.05, 0.1) is 6.61 Å². The van der Waals surface area contributed by atoms with E-state index in [4.69, 9.17) is 4.74 Å². The highest BCUT2D eigenvalue weighted by Crippen LogP contribution is 2.21. The lowest BCUT2D eigenvalue weighted by atomic mass is 10.3. The summed E-state index contributed by atoms with van der Waals surface area (Å²) in [7, 11) is 0. The number of nitrogens with one attached hydrogen (secondary N) is 2. The molecule has 0 aromatic carbocycles. The summed E-state index contributed by atoms with van der Waals surface area (Å²) in [5.74, 6) is 0.0601. The number of hydrogen-bond acceptors (Lipinski definition) is 7. The van der Waals surface area contributed by atoms with Crippen molar-refractivity contribution in [3.63, 3.8) is 0 Å². The van der Waals surface area contributed by atoms with Gasteiger partial charge in [-0.05, 0) is 26.0 Å². The number of anilines is 1. The Morgan fingerprint density at radius 2 is 2.39 bits per heavy atom. The van der Waals surface area contributed by atoms with Crippen molar-refractivity contribution in [1.82, 2.24) is 15.4 Å². The Hall–Kier alpha value is -1.34. The first-order chi connectivity index (χ1) is 8.74. The molecule has 1 aliphatic rings. The van der Waals surface area contributed by atoms with Crippen LogP contribution < -0.4 is 10.9 Å². The first kappa shape index (κ1) is 13.1. The average molecular weight is 268 g/mol. The Balaban J connectivity index is 2.16. The van der Waals surface area contributed by atoms with E-state index in [1.165, 1.54) is 18.0 Å². The Labute approximate surface area is 110 Å². The van der Waals surface area contributed by atoms with Gasteiger partial charge >= 0.3 is 5.97 Å². The van der Waals surface area contributed by atoms with Gasteiger partial charge in [-0.3, -0.25) is 0 Å². The largest absolute Gasteiger partial charge is 0.462 e. The minimum atomic E-state index is -0.412. The van der Waals surface area contributed by atoms with Crippen LogP contribution in [0.1, 0.15) is 30.1 Å². The van der Waals surface area contributed by atoms with Gasteiger partial charge in [-0.2, -0.15) is 0 Å². The first-order valence-corrected chi connectivity index (χ1v) is 7.06. The Kier molecular flexibility index (Phi) is 4.38. The molecule has 0 saturated heterocycles. The number of carbonyl (C=O) groups excluding carboxylic acids is 1. The number of hydrazine groups is 1. The highest BCUT2D eigenvalue weighted by molar-refractivity contribution is 7.98. The average Bonchev–Trinajstić information content (AvgIpc) is 3.20. The van der Waals surface area contributed by atoms with Gasteiger partial charge in [0.1, 0.15) is 5.56 Å². The molecule has 0 amide bonds. The molecule has 0 radical (unpaired) electrons. The molecule has 98 valence electrons. The molecule has 1 aromatic heterocycles. The van der Waals surface area contributed by atoms with Crippen LogP contribution in [0.25, 0.3) is 0 Å². The molecule has 18 heavy (non-hydrogen) atoms. The molecular weight excluding hydrogens is 252 g/mol. The maximum Gasteiger partial charge on any atom is 0.343 e. The number of ether oxygens (including phenoxy) is 1. The number of rotatable bonds is 6. The summed E-state index contributed by atoms with van der Waals surface area (Å²) < 4.78 is 4.97. The highest BCUT2D eigenvalue weighted by Gasteiger charge is 2.22. The second kappa shape index (κ2) is 6.01. The van der Waals surface area contributed by atoms with Gasteiger partial charge in [-0.15, -0.1) is 0 Å². The molecule has 2 N–H and O–H groups in total. The topological polar surface area (TPSA) is 76.1 Å². The quantitative estimate of drug-likeness (QED) is 0.350. The summed E-state index contributed by atoms with van der Waals surface area (Å²) in [6, 6.07) is 0.466. The minimum absolute atomic E-state index is 0.332. The second-order valence-corrected chi connectivity index (χ2v) is 4.66. The van der Waals surface area contributed by atoms with Gasteiger partial charge in [0.25, 0.3) is 0 Å². The summed E-state index contributed by atoms with van der Waals surface area (Å²) in [5, 5.41) is 0.614. The molecule has 0 spiro atoms. The predicted molar refractivity (Wildman–Crippen MR) is 69.5 cm³/mol. The second-order valence-electron chi connectivity index (χ2n) is 3.88. The van der Waals surface area contributed by atoms with Crippen LogP contribution in [0.2, 0.25) is 0 Å². The van der Waals surface area contributed by atoms with Crippen LogP contribution in [-0.4, -0.2) is 34.8 Å². The van der Waals surface area contributed by atoms with Crippen molar-refractivity contribution in [2.24, 2.45) is 0 Å². The van der Waals surface area contributed by atoms with E-state index in [2.05, 4.69) is 20.8 Å². The van der Waals surface area contributed by atoms with Crippen LogP contribution >= 0.6 is 11.8 Å². The Morgan fingerprint density at radius 1 is 1.61 bits per heavy atom. The zero-order valence-corrected chi connectivity index (χ0v) is 11.2. The molecule has 0 aliphatic heterocycles. The third-order valence-electron chi connectivity index (χ3n) is 2.42. The van der Waals surface area contributed by atoms with Crippen LogP contribution in [0.3, 0.4) is 0 Å². The molecular formula is C11H16N4O2S. The Bertz CT molecular complexity index is 437. The number of nitrogens with zero attached hydrogens (tertiary/aromatic N) is 2. The van der Waals surface area contributed by atoms with Crippen molar-refractivity contribution in [1.29, 1.82) is 0 Å². The van der Waals surface area contributed by atoms with E-state index in [-0.39, 0.29) is 0 Å². The van der Waals surface area contributed by atoms with E-state index >= 15 is 0 Å². The van der Waals surface area contributed by atoms with Gasteiger partial charge in [0.15, 0.2) is 11.0 Å². The summed E-state index contributed by atoms with van der Waals surface area (Å²) in [6.45, 7) is 2.10. The van der Waals surface area contributed by atoms with E-state index in [0.717, 1.165) is 12.8 Å². The number of esters is 1. The third kappa shape index (κ3) is 3.33. The van der Waals surface area contributed by atoms with E-state index < -0.39 is 5.97 Å². The molecule has 1 saturated carbocycles. The Morgan fingerprint density at radius 3 is 3.00 bits per heavy atom. The maximum atomic E-state index is 11.7. The molecule has 1 aliphatic carbocycles. The monoisotopic (exact) mass is 268 g/mol. The summed E-state index contributed by atoms with van der Waals surface area (Å²) in [4.78, 5) is 20.1. The number of aromatic nitrogens is 2. The number of carbonyl (C=O) groups is 1. The van der Waals surface area contributed by atoms with Gasteiger partial charge in [0.2, 0.25) is 0 Å². The van der Waals surface area contributed by atoms with Gasteiger partial charge in [-0.1, -0.05) is 11.8 Å². The molecule has 6 nitrogen and oxygen atoms in total. The van der Waals surface area contributed by atoms with Crippen LogP contribution in [-0.2, 0) is 4.74 Å². The molecule has 1 aromatic rings. The van der Waals surface area contributed by atoms with Gasteiger partial charge in [0, 0.05) is 12.2 Å². The summed E-state index contributed by atoms with van der Waals surface area (Å²) in [6.07, 6.45) is 5.66. The maximum absolute atomic E-state index is 11.7. The summed E-state index contributed by atoms with van der Waals surface area (Å²) in [5.41, 5.74) is 6.43. The van der Waals surface area contributed by atoms with Crippen molar-refractivity contribution in [2.75, 3.05) is 18.3 Å². The molecule has 7 heteroatoms. The standard InChI is InChI=1S/C11H16N4O2S/c1-3-17-10(16)8-6-12-11(18-2)13-9(8)15-14-7-4-5-7/h6-7,14H,3-5H2,1-2H3,(H,12,13,15). The molecule has 1 heterocycles. The molecule has 1 fully saturated rings. The van der Waals surface area contributed by atoms with Gasteiger partial charge < -0.3 is 10.2 Å². The molecule has 2 rings (SSSR count). The fourth-order valence-electron chi connectivity index (χ4n) is 1.32. The zero-order chi connectivity index (χ0) is 13.0. The van der Waals surface area contributed by atoms with E-state index in [9.17, 15) is 4.79 Å². The fraction of sp³-hybridized carbons (Fsp3) is 0.545. The first-order valence-electron chi connectivity index (χ1n) is 5.84. The van der Waals surface area contributed by atoms with Crippen LogP contribution in [0.5, 0.6) is 0 Å². The number of thioether (sulfide) groups is 1. The lowest BCUT2D eigenvalue weighted by Gasteiger charge is -2.11. The van der Waals surface area contributed by atoms with Crippen LogP contribution in [0.4, 0.5) is 5.82 Å². The number of hydrogen-bond donors (Lipinski definition) is 2. The van der Waals surface area contributed by atoms with E-state index in [0.29, 0.717) is 29.2 Å². The normalized spacial score (nSPS) is 14.3. The fourth-order valence-corrected chi connectivity index (χ4v) is 1.66. The molecule has 0 unspecified atom stereocenters. The predicted octanol–water partition coefficient (Wildman–Crippen LogP) is 1.45. The van der Waals surface area contributed by atoms with Crippen molar-refractivity contribution < 1.29 is 9.53 Å². The SMILES string of the molecule is CCOC(=O)c1cnc(SC)nc1NNC1CC1. The minimum Gasteiger partial charge on any atom is -0.462 e. The highest BCUT2D eigenvalue weighted by atomic mass is 32.2. The van der Waals surface area contributed by atoms with Crippen LogP contribution in [0.15, 0.2) is 11.4 Å². The lowest BCUT2D eigenvalue weighted by Crippen LogP contribution is -2.26. The molecule has 0 bridgehead atoms. The van der Waals surface area contributed by atoms with E-state index in [1.807, 2.05) is 6.26 Å². The summed E-state index contributed by atoms with van der Waals surface area (Å²) >= 11 is 1.42. The van der Waals surface area contributed by atoms with Crippen molar-refractivity contribution in [3.8, 4) is 0 Å². The van der Waals surface area contributed by atoms with Gasteiger partial charge in [-0.25, -0.2) is 20.2 Å². The van der Waals surface area contributed by atoms with Crippen molar-refractivity contribution in [3.05, 3.63) is 11.8 Å². The zero-order valence-electron chi connectivity index (χ0n) is 10.4. The van der Waals surface area contributed by atoms with Crippen molar-refractivity contribution >= 4 is 23.5 Å². The van der Waals surface area contributed by atoms with Crippen LogP contribution in [0, 0.1) is 0 Å². The van der Waals surface area contributed by atoms with E-state index in [1.54, 1.807) is 6.92 Å².